The van der Waals surface area contributed by atoms with Gasteiger partial charge in [-0.15, -0.1) is 0 Å². The van der Waals surface area contributed by atoms with E-state index in [9.17, 15) is 53.1 Å². The van der Waals surface area contributed by atoms with Crippen molar-refractivity contribution >= 4 is 114 Å². The van der Waals surface area contributed by atoms with Gasteiger partial charge in [0.25, 0.3) is 0 Å². The van der Waals surface area contributed by atoms with Crippen LogP contribution in [-0.2, 0) is 72.0 Å². The maximum absolute atomic E-state index is 15.0. The summed E-state index contributed by atoms with van der Waals surface area (Å²) < 4.78 is 0. The molecule has 0 unspecified atom stereocenters. The Balaban J connectivity index is 1.42. The van der Waals surface area contributed by atoms with Crippen LogP contribution in [0.2, 0.25) is 0 Å². The highest BCUT2D eigenvalue weighted by atomic mass is 33.1. The molecule has 28 nitrogen and oxygen atoms in total. The van der Waals surface area contributed by atoms with Gasteiger partial charge in [0, 0.05) is 79.6 Å². The van der Waals surface area contributed by atoms with Crippen LogP contribution in [-0.4, -0.2) is 164 Å². The highest BCUT2D eigenvalue weighted by Crippen LogP contribution is 2.24. The Bertz CT molecular complexity index is 3280. The van der Waals surface area contributed by atoms with Crippen LogP contribution in [0.5, 0.6) is 0 Å². The molecule has 6 rings (SSSR count). The van der Waals surface area contributed by atoms with Gasteiger partial charge in [-0.25, -0.2) is 4.98 Å². The number of aromatic amines is 2. The van der Waals surface area contributed by atoms with Gasteiger partial charge in [-0.05, 0) is 53.6 Å². The first-order valence-electron chi connectivity index (χ1n) is 28.1. The zero-order chi connectivity index (χ0) is 63.0. The van der Waals surface area contributed by atoms with E-state index in [1.165, 1.54) is 19.4 Å². The summed E-state index contributed by atoms with van der Waals surface area (Å²) in [6.45, 7) is 2.31. The summed E-state index contributed by atoms with van der Waals surface area (Å²) in [5, 5.41) is 35.8. The number of benzene rings is 3. The van der Waals surface area contributed by atoms with Crippen molar-refractivity contribution in [1.29, 1.82) is 0 Å². The number of nitrogens with zero attached hydrogens (tertiary/aromatic N) is 2. The van der Waals surface area contributed by atoms with Gasteiger partial charge >= 0.3 is 5.97 Å². The van der Waals surface area contributed by atoms with Gasteiger partial charge in [-0.1, -0.05) is 102 Å². The zero-order valence-corrected chi connectivity index (χ0v) is 49.6. The van der Waals surface area contributed by atoms with Crippen LogP contribution in [0.1, 0.15) is 75.6 Å². The third kappa shape index (κ3) is 21.4. The van der Waals surface area contributed by atoms with E-state index in [2.05, 4.69) is 67.8 Å². The van der Waals surface area contributed by atoms with Crippen LogP contribution in [0.4, 0.5) is 0 Å². The molecule has 1 fully saturated rings. The average molecular weight is 1240 g/mol. The molecule has 2 aromatic heterocycles. The Morgan fingerprint density at radius 1 is 0.655 bits per heavy atom. The third-order valence-corrected chi connectivity index (χ3v) is 16.3. The zero-order valence-electron chi connectivity index (χ0n) is 48.0. The minimum Gasteiger partial charge on any atom is -0.481 e. The molecule has 8 atom stereocenters. The maximum Gasteiger partial charge on any atom is 0.303 e. The predicted molar refractivity (Wildman–Crippen MR) is 326 cm³/mol. The van der Waals surface area contributed by atoms with E-state index in [0.29, 0.717) is 35.0 Å². The normalized spacial score (nSPS) is 22.0. The Morgan fingerprint density at radius 2 is 1.24 bits per heavy atom. The largest absolute Gasteiger partial charge is 0.481 e. The fourth-order valence-corrected chi connectivity index (χ4v) is 11.7. The molecule has 3 aromatic carbocycles. The van der Waals surface area contributed by atoms with Gasteiger partial charge in [0.05, 0.1) is 12.9 Å². The Hall–Kier alpha value is -9.19. The number of aromatic nitrogens is 3. The highest BCUT2D eigenvalue weighted by molar-refractivity contribution is 8.76. The number of hydrogen-bond donors (Lipinski definition) is 15. The lowest BCUT2D eigenvalue weighted by Crippen LogP contribution is -2.61. The number of unbranched alkanes of at least 4 members (excludes halogenated alkanes) is 1. The van der Waals surface area contributed by atoms with Crippen molar-refractivity contribution in [1.82, 2.24) is 62.8 Å². The second-order valence-electron chi connectivity index (χ2n) is 20.7. The lowest BCUT2D eigenvalue weighted by molar-refractivity contribution is -0.138. The molecule has 30 heteroatoms. The van der Waals surface area contributed by atoms with E-state index in [-0.39, 0.29) is 62.5 Å². The second kappa shape index (κ2) is 33.5. The minimum atomic E-state index is -1.63. The molecule has 0 aliphatic carbocycles. The summed E-state index contributed by atoms with van der Waals surface area (Å²) in [7, 11) is 2.02. The van der Waals surface area contributed by atoms with Crippen molar-refractivity contribution < 1.29 is 57.8 Å². The number of hydrogen-bond acceptors (Lipinski definition) is 15. The van der Waals surface area contributed by atoms with E-state index < -0.39 is 133 Å². The first-order chi connectivity index (χ1) is 41.7. The lowest BCUT2D eigenvalue weighted by atomic mass is 9.99. The van der Waals surface area contributed by atoms with Gasteiger partial charge in [0.1, 0.15) is 48.3 Å². The molecule has 0 bridgehead atoms. The van der Waals surface area contributed by atoms with Crippen LogP contribution in [0.25, 0.3) is 21.7 Å². The number of rotatable bonds is 18. The van der Waals surface area contributed by atoms with E-state index in [1.807, 2.05) is 49.4 Å². The lowest BCUT2D eigenvalue weighted by Gasteiger charge is -2.28. The molecule has 466 valence electrons. The Morgan fingerprint density at radius 3 is 1.87 bits per heavy atom. The number of amides is 10. The van der Waals surface area contributed by atoms with Crippen LogP contribution < -0.4 is 65.1 Å². The number of carbonyl (C=O) groups excluding carboxylic acids is 10. The first kappa shape index (κ1) is 66.9. The number of carboxylic acid groups (broad SMARTS) is 1. The SMILES string of the molecule is CCCC[C@@H]1NC(=O)[C@@H](NC(C)=O)CSSC[C@@H](C(N)=O)NC(=O)CNC(=O)[C@H](Cc2c[nH]c3ccccc23)NC(=O)[C@H](CCCN=C(N)N)NC(=O)[C@@H](Cc2ccc3ccccc3c2)NC(=O)[C@H](Cc2cnc[nH]2)NC(=O)[C@H](CCC(=O)O)NC1=O. The van der Waals surface area contributed by atoms with Crippen molar-refractivity contribution in [3.05, 3.63) is 102 Å². The van der Waals surface area contributed by atoms with E-state index in [1.54, 1.807) is 30.5 Å². The topological polar surface area (TPSA) is 451 Å². The number of primary amides is 1. The van der Waals surface area contributed by atoms with Crippen LogP contribution in [0, 0.1) is 0 Å². The van der Waals surface area contributed by atoms with Gasteiger partial charge < -0.3 is 80.1 Å². The standard InChI is InChI=1S/C57H74N16O12S2/c1-3-4-13-39-51(80)70-41(18-19-48(76)77)53(82)73-44(24-36-26-61-30-65-36)55(84)71-42(22-32-16-17-33-10-5-6-11-34(33)21-32)54(83)68-40(15-9-20-62-57(59)60)52(81)72-43(23-35-25-63-38-14-8-7-12-37(35)38)50(79)64-27-47(75)67-45(49(58)78)28-86-87-29-46(56(85)69-39)66-31(2)74/h5-8,10-12,14,16-17,21,25-26,30,39-46,63H,3-4,9,13,15,18-20,22-24,27-29H2,1-2H3,(H2,58,78)(H,61,65)(H,64,79)(H,66,74)(H,67,75)(H,68,83)(H,69,85)(H,70,80)(H,71,84)(H,72,81)(H,73,82)(H,76,77)(H4,59,60,62)/t39-,40-,41-,42+,43-,44-,45-,46-/m0/s1. The number of imidazole rings is 1. The molecule has 1 saturated heterocycles. The molecule has 5 aromatic rings. The minimum absolute atomic E-state index is 0.00557. The highest BCUT2D eigenvalue weighted by Gasteiger charge is 2.36. The molecular weight excluding hydrogens is 1160 g/mol. The summed E-state index contributed by atoms with van der Waals surface area (Å²) in [5.41, 5.74) is 19.1. The van der Waals surface area contributed by atoms with Gasteiger partial charge in [0.15, 0.2) is 5.96 Å². The van der Waals surface area contributed by atoms with Crippen LogP contribution in [0.15, 0.2) is 90.4 Å². The number of carbonyl (C=O) groups is 11. The molecule has 18 N–H and O–H groups in total. The third-order valence-electron chi connectivity index (χ3n) is 13.9. The van der Waals surface area contributed by atoms with Crippen molar-refractivity contribution in [3.63, 3.8) is 0 Å². The fraction of sp³-hybridized carbons (Fsp3) is 0.421. The molecule has 1 aliphatic rings. The van der Waals surface area contributed by atoms with Crippen molar-refractivity contribution in [2.75, 3.05) is 24.6 Å². The molecule has 3 heterocycles. The number of guanidine groups is 1. The quantitative estimate of drug-likeness (QED) is 0.0218. The molecule has 0 saturated carbocycles. The number of aliphatic imine (C=N–C) groups is 1. The summed E-state index contributed by atoms with van der Waals surface area (Å²) in [6, 6.07) is 8.49. The monoisotopic (exact) mass is 1240 g/mol. The van der Waals surface area contributed by atoms with Gasteiger partial charge in [-0.2, -0.15) is 0 Å². The van der Waals surface area contributed by atoms with Crippen LogP contribution >= 0.6 is 21.6 Å². The predicted octanol–water partition coefficient (Wildman–Crippen LogP) is -0.925. The Kier molecular flexibility index (Phi) is 25.8. The molecule has 1 aliphatic heterocycles. The number of H-pyrrole nitrogens is 2. The molecule has 0 spiro atoms. The molecule has 0 radical (unpaired) electrons. The summed E-state index contributed by atoms with van der Waals surface area (Å²) >= 11 is 0. The Labute approximate surface area is 508 Å². The molecule has 10 amide bonds. The van der Waals surface area contributed by atoms with Crippen LogP contribution in [0.3, 0.4) is 0 Å². The average Bonchev–Trinajstić information content (AvgIpc) is 3.79. The first-order valence-corrected chi connectivity index (χ1v) is 30.6. The van der Waals surface area contributed by atoms with E-state index in [4.69, 9.17) is 17.2 Å². The number of nitrogens with one attached hydrogen (secondary N) is 11. The van der Waals surface area contributed by atoms with E-state index >= 15 is 4.79 Å². The second-order valence-corrected chi connectivity index (χ2v) is 23.2. The smallest absolute Gasteiger partial charge is 0.303 e. The van der Waals surface area contributed by atoms with Crippen molar-refractivity contribution in [3.8, 4) is 0 Å². The van der Waals surface area contributed by atoms with Crippen molar-refractivity contribution in [2.24, 2.45) is 22.2 Å². The number of nitrogens with two attached hydrogens (primary N) is 3. The van der Waals surface area contributed by atoms with Gasteiger partial charge in [-0.3, -0.25) is 57.7 Å². The summed E-state index contributed by atoms with van der Waals surface area (Å²) in [6.07, 6.45) is 3.59. The van der Waals surface area contributed by atoms with E-state index in [0.717, 1.165) is 37.9 Å². The number of carboxylic acids is 1. The molecule has 87 heavy (non-hydrogen) atoms. The summed E-state index contributed by atoms with van der Waals surface area (Å²) in [4.78, 5) is 167. The van der Waals surface area contributed by atoms with Gasteiger partial charge in [0.2, 0.25) is 59.1 Å². The molecular formula is C57H74N16O12S2. The van der Waals surface area contributed by atoms with Crippen molar-refractivity contribution in [2.45, 2.75) is 126 Å². The maximum atomic E-state index is 15.0. The number of para-hydroxylation sites is 1. The number of aliphatic carboxylic acids is 1. The fourth-order valence-electron chi connectivity index (χ4n) is 9.38. The summed E-state index contributed by atoms with van der Waals surface area (Å²) in [5.74, 6) is -10.5. The number of fused-ring (bicyclic) bond motifs is 2.